The van der Waals surface area contributed by atoms with Crippen molar-refractivity contribution in [3.8, 4) is 5.75 Å². The van der Waals surface area contributed by atoms with Crippen LogP contribution < -0.4 is 15.3 Å². The molecule has 1 aliphatic heterocycles. The van der Waals surface area contributed by atoms with Crippen LogP contribution in [0.15, 0.2) is 70.7 Å². The van der Waals surface area contributed by atoms with Crippen LogP contribution in [0.1, 0.15) is 30.4 Å². The van der Waals surface area contributed by atoms with Crippen molar-refractivity contribution in [2.45, 2.75) is 36.7 Å². The third-order valence-corrected chi connectivity index (χ3v) is 7.42. The second-order valence-electron chi connectivity index (χ2n) is 8.33. The Morgan fingerprint density at radius 3 is 2.74 bits per heavy atom. The Kier molecular flexibility index (Phi) is 7.14. The normalized spacial score (nSPS) is 17.3. The smallest absolute Gasteiger partial charge is 0.241 e. The fourth-order valence-corrected chi connectivity index (χ4v) is 5.46. The number of hydrogen-bond donors (Lipinski definition) is 2. The van der Waals surface area contributed by atoms with E-state index in [1.54, 1.807) is 42.5 Å². The number of methoxy groups -OCH3 is 1. The van der Waals surface area contributed by atoms with Gasteiger partial charge in [0, 0.05) is 13.1 Å². The van der Waals surface area contributed by atoms with E-state index >= 15 is 0 Å². The number of ether oxygens (including phenoxy) is 1. The first-order chi connectivity index (χ1) is 16.4. The van der Waals surface area contributed by atoms with Crippen LogP contribution in [0.2, 0.25) is 0 Å². The van der Waals surface area contributed by atoms with Gasteiger partial charge in [0.15, 0.2) is 0 Å². The Morgan fingerprint density at radius 2 is 1.94 bits per heavy atom. The number of carbonyl (C=O) groups is 1. The second kappa shape index (κ2) is 10.2. The van der Waals surface area contributed by atoms with Crippen LogP contribution in [0.4, 0.5) is 0 Å². The number of sulfonamides is 1. The number of hydrazone groups is 1. The summed E-state index contributed by atoms with van der Waals surface area (Å²) < 4.78 is 34.3. The molecule has 0 saturated carbocycles. The van der Waals surface area contributed by atoms with Gasteiger partial charge in [0.25, 0.3) is 0 Å². The standard InChI is InChI=1S/C25H28N4O4S/c1-33-22-10-8-20-9-11-23(15-21(20)14-22)34(31,32)28-24-7-2-3-12-29(25(24)30)17-19-6-4-5-18(13-19)16-27-26/h4-6,8-11,13-16,24,28H,2-3,7,12,17,26H2,1H3/t24-/m0/s1. The number of nitrogens with two attached hydrogens (primary N) is 1. The van der Waals surface area contributed by atoms with Gasteiger partial charge in [0.1, 0.15) is 11.8 Å². The van der Waals surface area contributed by atoms with Gasteiger partial charge in [-0.1, -0.05) is 30.3 Å². The maximum atomic E-state index is 13.3. The number of carbonyl (C=O) groups excluding carboxylic acids is 1. The van der Waals surface area contributed by atoms with Gasteiger partial charge in [0.2, 0.25) is 15.9 Å². The zero-order valence-electron chi connectivity index (χ0n) is 19.0. The van der Waals surface area contributed by atoms with Gasteiger partial charge in [-0.3, -0.25) is 4.79 Å². The van der Waals surface area contributed by atoms with Gasteiger partial charge in [-0.05, 0) is 71.5 Å². The van der Waals surface area contributed by atoms with E-state index in [2.05, 4.69) is 9.82 Å². The van der Waals surface area contributed by atoms with Crippen molar-refractivity contribution in [2.24, 2.45) is 10.9 Å². The fraction of sp³-hybridized carbons (Fsp3) is 0.280. The van der Waals surface area contributed by atoms with Gasteiger partial charge < -0.3 is 15.5 Å². The molecule has 3 N–H and O–H groups in total. The molecule has 1 atom stereocenters. The molecule has 1 amide bonds. The van der Waals surface area contributed by atoms with Gasteiger partial charge in [0.05, 0.1) is 18.2 Å². The highest BCUT2D eigenvalue weighted by molar-refractivity contribution is 7.89. The largest absolute Gasteiger partial charge is 0.497 e. The Balaban J connectivity index is 1.54. The number of benzene rings is 3. The van der Waals surface area contributed by atoms with Crippen molar-refractivity contribution < 1.29 is 17.9 Å². The maximum absolute atomic E-state index is 13.3. The molecule has 9 heteroatoms. The lowest BCUT2D eigenvalue weighted by molar-refractivity contribution is -0.133. The van der Waals surface area contributed by atoms with E-state index in [0.717, 1.165) is 34.7 Å². The summed E-state index contributed by atoms with van der Waals surface area (Å²) in [5.41, 5.74) is 1.77. The predicted octanol–water partition coefficient (Wildman–Crippen LogP) is 3.00. The molecular formula is C25H28N4O4S. The minimum atomic E-state index is -3.90. The van der Waals surface area contributed by atoms with Crippen molar-refractivity contribution in [3.63, 3.8) is 0 Å². The van der Waals surface area contributed by atoms with Crippen molar-refractivity contribution in [3.05, 3.63) is 71.8 Å². The molecule has 0 unspecified atom stereocenters. The SMILES string of the molecule is COc1ccc2ccc(S(=O)(=O)N[C@H]3CCCCN(Cc4cccc(C=NN)c4)C3=O)cc2c1. The molecule has 0 bridgehead atoms. The highest BCUT2D eigenvalue weighted by Crippen LogP contribution is 2.25. The van der Waals surface area contributed by atoms with Gasteiger partial charge in [-0.2, -0.15) is 9.82 Å². The topological polar surface area (TPSA) is 114 Å². The quantitative estimate of drug-likeness (QED) is 0.307. The fourth-order valence-electron chi connectivity index (χ4n) is 4.20. The van der Waals surface area contributed by atoms with Crippen molar-refractivity contribution in [1.82, 2.24) is 9.62 Å². The van der Waals surface area contributed by atoms with E-state index in [0.29, 0.717) is 25.3 Å². The van der Waals surface area contributed by atoms with E-state index < -0.39 is 16.1 Å². The zero-order valence-corrected chi connectivity index (χ0v) is 19.8. The molecule has 1 saturated heterocycles. The highest BCUT2D eigenvalue weighted by atomic mass is 32.2. The number of nitrogens with zero attached hydrogens (tertiary/aromatic N) is 2. The molecular weight excluding hydrogens is 452 g/mol. The van der Waals surface area contributed by atoms with Crippen molar-refractivity contribution in [2.75, 3.05) is 13.7 Å². The van der Waals surface area contributed by atoms with Crippen LogP contribution in [-0.4, -0.2) is 45.1 Å². The van der Waals surface area contributed by atoms with Crippen LogP contribution >= 0.6 is 0 Å². The molecule has 3 aromatic carbocycles. The molecule has 34 heavy (non-hydrogen) atoms. The molecule has 1 fully saturated rings. The number of amides is 1. The van der Waals surface area contributed by atoms with Gasteiger partial charge in [-0.15, -0.1) is 0 Å². The van der Waals surface area contributed by atoms with E-state index in [1.165, 1.54) is 0 Å². The van der Waals surface area contributed by atoms with Crippen LogP contribution in [0.25, 0.3) is 10.8 Å². The number of hydrogen-bond acceptors (Lipinski definition) is 6. The summed E-state index contributed by atoms with van der Waals surface area (Å²) in [5, 5.41) is 5.19. The van der Waals surface area contributed by atoms with E-state index in [-0.39, 0.29) is 10.8 Å². The number of nitrogens with one attached hydrogen (secondary N) is 1. The van der Waals surface area contributed by atoms with Gasteiger partial charge >= 0.3 is 0 Å². The highest BCUT2D eigenvalue weighted by Gasteiger charge is 2.31. The summed E-state index contributed by atoms with van der Waals surface area (Å²) in [6, 6.07) is 17.2. The summed E-state index contributed by atoms with van der Waals surface area (Å²) in [6.07, 6.45) is 3.56. The second-order valence-corrected chi connectivity index (χ2v) is 10.0. The van der Waals surface area contributed by atoms with E-state index in [1.807, 2.05) is 36.4 Å². The predicted molar refractivity (Wildman–Crippen MR) is 132 cm³/mol. The van der Waals surface area contributed by atoms with Crippen LogP contribution in [0.5, 0.6) is 5.75 Å². The first-order valence-electron chi connectivity index (χ1n) is 11.1. The lowest BCUT2D eigenvalue weighted by Crippen LogP contribution is -2.47. The average molecular weight is 481 g/mol. The summed E-state index contributed by atoms with van der Waals surface area (Å²) in [5.74, 6) is 5.67. The molecule has 0 spiro atoms. The molecule has 1 aliphatic rings. The van der Waals surface area contributed by atoms with E-state index in [9.17, 15) is 13.2 Å². The molecule has 0 aliphatic carbocycles. The minimum absolute atomic E-state index is 0.116. The summed E-state index contributed by atoms with van der Waals surface area (Å²) in [4.78, 5) is 15.1. The Bertz CT molecular complexity index is 1320. The Labute approximate surface area is 199 Å². The van der Waals surface area contributed by atoms with Crippen molar-refractivity contribution in [1.29, 1.82) is 0 Å². The molecule has 3 aromatic rings. The first-order valence-corrected chi connectivity index (χ1v) is 12.6. The molecule has 178 valence electrons. The van der Waals surface area contributed by atoms with Gasteiger partial charge in [-0.25, -0.2) is 8.42 Å². The summed E-state index contributed by atoms with van der Waals surface area (Å²) in [7, 11) is -2.34. The Hall–Kier alpha value is -3.43. The molecule has 8 nitrogen and oxygen atoms in total. The van der Waals surface area contributed by atoms with Crippen molar-refractivity contribution >= 4 is 32.9 Å². The number of likely N-dealkylation sites (tertiary alicyclic amines) is 1. The molecule has 0 aromatic heterocycles. The van der Waals surface area contributed by atoms with E-state index in [4.69, 9.17) is 10.6 Å². The Morgan fingerprint density at radius 1 is 1.12 bits per heavy atom. The molecule has 4 rings (SSSR count). The maximum Gasteiger partial charge on any atom is 0.241 e. The minimum Gasteiger partial charge on any atom is -0.497 e. The van der Waals surface area contributed by atoms with Crippen LogP contribution in [0.3, 0.4) is 0 Å². The monoisotopic (exact) mass is 480 g/mol. The van der Waals surface area contributed by atoms with Crippen LogP contribution in [-0.2, 0) is 21.4 Å². The number of fused-ring (bicyclic) bond motifs is 1. The third kappa shape index (κ3) is 5.37. The lowest BCUT2D eigenvalue weighted by Gasteiger charge is -2.25. The van der Waals surface area contributed by atoms with Crippen LogP contribution in [0, 0.1) is 0 Å². The lowest BCUT2D eigenvalue weighted by atomic mass is 10.1. The molecule has 0 radical (unpaired) electrons. The summed E-state index contributed by atoms with van der Waals surface area (Å²) >= 11 is 0. The first kappa shape index (κ1) is 23.7. The summed E-state index contributed by atoms with van der Waals surface area (Å²) in [6.45, 7) is 0.959. The zero-order chi connectivity index (χ0) is 24.1. The third-order valence-electron chi connectivity index (χ3n) is 5.96. The average Bonchev–Trinajstić information content (AvgIpc) is 3.00. The molecule has 1 heterocycles. The number of rotatable bonds is 7.